The summed E-state index contributed by atoms with van der Waals surface area (Å²) in [5.41, 5.74) is 11.5. The Bertz CT molecular complexity index is 2160. The molecule has 0 aliphatic rings. The van der Waals surface area contributed by atoms with Crippen molar-refractivity contribution >= 4 is 48.1 Å². The standard InChI is InChI=1S/2C23H21N2.C2H6Si.2ClH.Zr/c2*1-2-3-8-17-13-18-15-19(22-9-4-6-11-24-22)16-21(20(18)14-17)23-10-5-7-12-25-23;1-3-2;;;/h2*4-7,9-16H,2-3,8H2,1H3;1-2H3;2*1H;/q2*-1;;;;+4/p-2. The molecule has 4 aromatic carbocycles. The molecule has 8 heteroatoms. The van der Waals surface area contributed by atoms with Crippen LogP contribution in [-0.4, -0.2) is 29.5 Å². The first-order chi connectivity index (χ1) is 27.5. The summed E-state index contributed by atoms with van der Waals surface area (Å²) in [6.07, 6.45) is 14.5. The van der Waals surface area contributed by atoms with Gasteiger partial charge in [-0.1, -0.05) is 89.0 Å². The van der Waals surface area contributed by atoms with Crippen molar-refractivity contribution in [1.29, 1.82) is 0 Å². The van der Waals surface area contributed by atoms with E-state index < -0.39 is 20.8 Å². The zero-order valence-corrected chi connectivity index (χ0v) is 37.6. The summed E-state index contributed by atoms with van der Waals surface area (Å²) in [4.78, 5) is 18.2. The fourth-order valence-electron chi connectivity index (χ4n) is 6.65. The molecule has 4 aromatic heterocycles. The fraction of sp³-hybridized carbons (Fsp3) is 0.208. The third kappa shape index (κ3) is 12.0. The van der Waals surface area contributed by atoms with E-state index in [0.717, 1.165) is 56.3 Å². The van der Waals surface area contributed by atoms with Gasteiger partial charge in [0.25, 0.3) is 0 Å². The second-order valence-electron chi connectivity index (χ2n) is 13.4. The first-order valence-electron chi connectivity index (χ1n) is 19.2. The van der Waals surface area contributed by atoms with Crippen LogP contribution in [0.4, 0.5) is 0 Å². The van der Waals surface area contributed by atoms with Crippen LogP contribution in [0.1, 0.15) is 50.7 Å². The number of unbranched alkanes of at least 4 members (excludes halogenated alkanes) is 2. The van der Waals surface area contributed by atoms with E-state index >= 15 is 0 Å². The van der Waals surface area contributed by atoms with Crippen LogP contribution in [0, 0.1) is 0 Å². The number of aryl methyl sites for hydroxylation is 2. The monoisotopic (exact) mass is 868 g/mol. The molecule has 0 saturated heterocycles. The van der Waals surface area contributed by atoms with Gasteiger partial charge < -0.3 is 0 Å². The molecule has 0 aliphatic heterocycles. The van der Waals surface area contributed by atoms with E-state index in [1.54, 1.807) is 0 Å². The Labute approximate surface area is 354 Å². The second-order valence-corrected chi connectivity index (χ2v) is 18.2. The summed E-state index contributed by atoms with van der Waals surface area (Å²) in [5, 5.41) is 5.11. The van der Waals surface area contributed by atoms with E-state index in [4.69, 9.17) is 17.0 Å². The van der Waals surface area contributed by atoms with Crippen molar-refractivity contribution in [1.82, 2.24) is 19.9 Å². The molecule has 0 N–H and O–H groups in total. The molecule has 8 aromatic rings. The topological polar surface area (TPSA) is 51.6 Å². The predicted octanol–water partition coefficient (Wildman–Crippen LogP) is 14.2. The number of aromatic nitrogens is 4. The quantitative estimate of drug-likeness (QED) is 0.101. The van der Waals surface area contributed by atoms with Crippen LogP contribution in [-0.2, 0) is 33.7 Å². The molecule has 2 radical (unpaired) electrons. The molecule has 0 saturated carbocycles. The van der Waals surface area contributed by atoms with Crippen molar-refractivity contribution < 1.29 is 20.8 Å². The number of rotatable bonds is 10. The number of halogens is 2. The SMILES string of the molecule is CCCCc1cc2c(-c3ccccn3)cc(-c3ccccn3)cc2[cH-]1.CCCCc1cc2c(-c3ccccn3)cc(-c3ccccn3)cc2[cH-]1.C[Si]C.[Cl][Zr+2][Cl]. The average Bonchev–Trinajstić information content (AvgIpc) is 3.87. The molecule has 0 aliphatic carbocycles. The van der Waals surface area contributed by atoms with Crippen LogP contribution in [0.3, 0.4) is 0 Å². The van der Waals surface area contributed by atoms with Gasteiger partial charge in [-0.2, -0.15) is 12.1 Å². The Morgan fingerprint density at radius 2 is 0.857 bits per heavy atom. The third-order valence-corrected chi connectivity index (χ3v) is 9.21. The summed E-state index contributed by atoms with van der Waals surface area (Å²) in [6, 6.07) is 42.5. The molecular weight excluding hydrogens is 823 g/mol. The zero-order chi connectivity index (χ0) is 39.5. The van der Waals surface area contributed by atoms with Crippen molar-refractivity contribution in [2.24, 2.45) is 0 Å². The van der Waals surface area contributed by atoms with Gasteiger partial charge in [0.15, 0.2) is 0 Å². The summed E-state index contributed by atoms with van der Waals surface area (Å²) in [5.74, 6) is 0. The summed E-state index contributed by atoms with van der Waals surface area (Å²) in [6.45, 7) is 8.78. The maximum absolute atomic E-state index is 4.93. The molecule has 0 bridgehead atoms. The van der Waals surface area contributed by atoms with Gasteiger partial charge in [-0.25, -0.2) is 0 Å². The van der Waals surface area contributed by atoms with Gasteiger partial charge in [0.1, 0.15) is 0 Å². The van der Waals surface area contributed by atoms with Crippen LogP contribution < -0.4 is 0 Å². The molecule has 0 atom stereocenters. The molecule has 4 heterocycles. The molecule has 0 spiro atoms. The van der Waals surface area contributed by atoms with E-state index in [-0.39, 0.29) is 0 Å². The molecule has 4 nitrogen and oxygen atoms in total. The Balaban J connectivity index is 0.000000188. The van der Waals surface area contributed by atoms with E-state index in [1.165, 1.54) is 69.5 Å². The summed E-state index contributed by atoms with van der Waals surface area (Å²) >= 11 is -0.826. The molecule has 0 amide bonds. The predicted molar refractivity (Wildman–Crippen MR) is 238 cm³/mol. The normalized spacial score (nSPS) is 10.4. The van der Waals surface area contributed by atoms with Crippen LogP contribution in [0.5, 0.6) is 0 Å². The number of pyridine rings is 4. The molecular formula is C48H48Cl2N4SiZr. The number of fused-ring (bicyclic) bond motifs is 2. The van der Waals surface area contributed by atoms with Gasteiger partial charge in [-0.15, -0.1) is 56.9 Å². The van der Waals surface area contributed by atoms with Crippen molar-refractivity contribution in [3.05, 3.63) is 157 Å². The van der Waals surface area contributed by atoms with Gasteiger partial charge in [0, 0.05) is 34.3 Å². The van der Waals surface area contributed by atoms with Crippen molar-refractivity contribution in [3.63, 3.8) is 0 Å². The van der Waals surface area contributed by atoms with Crippen LogP contribution in [0.15, 0.2) is 146 Å². The van der Waals surface area contributed by atoms with E-state index in [1.807, 2.05) is 73.3 Å². The van der Waals surface area contributed by atoms with E-state index in [0.29, 0.717) is 0 Å². The van der Waals surface area contributed by atoms with Gasteiger partial charge in [0.2, 0.25) is 0 Å². The average molecular weight is 871 g/mol. The van der Waals surface area contributed by atoms with Crippen LogP contribution in [0.2, 0.25) is 13.1 Å². The number of benzene rings is 2. The fourth-order valence-corrected chi connectivity index (χ4v) is 6.65. The number of hydrogen-bond acceptors (Lipinski definition) is 4. The maximum atomic E-state index is 4.93. The number of nitrogens with zero attached hydrogens (tertiary/aromatic N) is 4. The minimum absolute atomic E-state index is 0.826. The Kier molecular flexibility index (Phi) is 17.9. The molecule has 8 rings (SSSR count). The zero-order valence-electron chi connectivity index (χ0n) is 32.6. The Hall–Kier alpha value is -4.06. The van der Waals surface area contributed by atoms with E-state index in [9.17, 15) is 0 Å². The van der Waals surface area contributed by atoms with Gasteiger partial charge in [-0.3, -0.25) is 19.9 Å². The Morgan fingerprint density at radius 3 is 1.16 bits per heavy atom. The first kappa shape index (κ1) is 43.1. The molecule has 0 fully saturated rings. The van der Waals surface area contributed by atoms with Crippen LogP contribution >= 0.6 is 17.0 Å². The molecule has 0 unspecified atom stereocenters. The van der Waals surface area contributed by atoms with E-state index in [2.05, 4.69) is 120 Å². The van der Waals surface area contributed by atoms with Crippen LogP contribution in [0.25, 0.3) is 66.6 Å². The summed E-state index contributed by atoms with van der Waals surface area (Å²) < 4.78 is 0. The third-order valence-electron chi connectivity index (χ3n) is 9.21. The Morgan fingerprint density at radius 1 is 0.518 bits per heavy atom. The van der Waals surface area contributed by atoms with Gasteiger partial charge in [0.05, 0.1) is 22.8 Å². The van der Waals surface area contributed by atoms with Crippen molar-refractivity contribution in [3.8, 4) is 45.0 Å². The minimum atomic E-state index is -0.826. The summed E-state index contributed by atoms with van der Waals surface area (Å²) in [7, 11) is 11.0. The second kappa shape index (κ2) is 23.2. The molecule has 56 heavy (non-hydrogen) atoms. The van der Waals surface area contributed by atoms with Gasteiger partial charge in [-0.05, 0) is 83.6 Å². The first-order valence-corrected chi connectivity index (χ1v) is 27.5. The van der Waals surface area contributed by atoms with Gasteiger partial charge >= 0.3 is 37.9 Å². The number of hydrogen-bond donors (Lipinski definition) is 0. The molecule has 282 valence electrons. The van der Waals surface area contributed by atoms with Crippen molar-refractivity contribution in [2.75, 3.05) is 0 Å². The van der Waals surface area contributed by atoms with Crippen molar-refractivity contribution in [2.45, 2.75) is 65.5 Å².